The number of carbonyl (C=O) groups is 11. The van der Waals surface area contributed by atoms with Gasteiger partial charge in [-0.25, -0.2) is 4.79 Å². The molecule has 28 nitrogen and oxygen atoms in total. The Hall–Kier alpha value is -7.63. The second-order valence-corrected chi connectivity index (χ2v) is 26.4. The van der Waals surface area contributed by atoms with Crippen molar-refractivity contribution in [3.63, 3.8) is 0 Å². The quantitative estimate of drug-likeness (QED) is 0.0402. The van der Waals surface area contributed by atoms with Gasteiger partial charge in [-0.2, -0.15) is 0 Å². The van der Waals surface area contributed by atoms with E-state index in [1.54, 1.807) is 60.7 Å². The number of rotatable bonds is 51. The molecule has 0 aliphatic heterocycles. The molecular weight excluding hydrogens is 1240 g/mol. The first kappa shape index (κ1) is 85.5. The largest absolute Gasteiger partial charge is 0.480 e. The monoisotopic (exact) mass is 1360 g/mol. The Balaban J connectivity index is 2.47. The van der Waals surface area contributed by atoms with Gasteiger partial charge in [0.25, 0.3) is 0 Å². The molecule has 28 heteroatoms. The van der Waals surface area contributed by atoms with Crippen molar-refractivity contribution in [2.24, 2.45) is 52.2 Å². The first-order chi connectivity index (χ1) is 46.2. The van der Waals surface area contributed by atoms with E-state index in [2.05, 4.69) is 53.2 Å². The van der Waals surface area contributed by atoms with Crippen LogP contribution in [0.25, 0.3) is 0 Å². The van der Waals surface area contributed by atoms with Gasteiger partial charge in [-0.15, -0.1) is 0 Å². The molecule has 0 aromatic heterocycles. The summed E-state index contributed by atoms with van der Waals surface area (Å²) in [6.45, 7) is 14.0. The van der Waals surface area contributed by atoms with E-state index in [0.717, 1.165) is 0 Å². The van der Waals surface area contributed by atoms with E-state index in [4.69, 9.17) is 34.4 Å². The van der Waals surface area contributed by atoms with Gasteiger partial charge in [-0.3, -0.25) is 47.9 Å². The fraction of sp³-hybridized carbons (Fsp3) is 0.667. The van der Waals surface area contributed by atoms with Crippen LogP contribution >= 0.6 is 0 Å². The average Bonchev–Trinajstić information content (AvgIpc) is 1.75. The van der Waals surface area contributed by atoms with E-state index in [-0.39, 0.29) is 95.2 Å². The van der Waals surface area contributed by atoms with Crippen LogP contribution in [0.15, 0.2) is 60.7 Å². The molecule has 2 rings (SSSR count). The lowest BCUT2D eigenvalue weighted by Crippen LogP contribution is -2.60. The van der Waals surface area contributed by atoms with Crippen molar-refractivity contribution in [3.8, 4) is 0 Å². The van der Waals surface area contributed by atoms with Crippen LogP contribution in [0.1, 0.15) is 175 Å². The van der Waals surface area contributed by atoms with Crippen molar-refractivity contribution in [3.05, 3.63) is 71.8 Å². The van der Waals surface area contributed by atoms with Crippen LogP contribution < -0.4 is 87.6 Å². The number of amides is 10. The minimum atomic E-state index is -1.31. The molecule has 0 saturated carbocycles. The Morgan fingerprint density at radius 2 is 0.557 bits per heavy atom. The van der Waals surface area contributed by atoms with E-state index in [9.17, 15) is 57.8 Å². The molecule has 0 saturated heterocycles. The van der Waals surface area contributed by atoms with Crippen molar-refractivity contribution in [1.29, 1.82) is 0 Å². The molecule has 2 aromatic carbocycles. The van der Waals surface area contributed by atoms with Crippen LogP contribution in [-0.2, 0) is 65.6 Å². The van der Waals surface area contributed by atoms with Gasteiger partial charge >= 0.3 is 5.97 Å². The van der Waals surface area contributed by atoms with Gasteiger partial charge in [0.15, 0.2) is 0 Å². The maximum Gasteiger partial charge on any atom is 0.326 e. The standard InChI is InChI=1S/C69H118N16O12/c1-43(2)38-54(65(92)79-53(32-18-23-37-74)64(91)83-57(42-48-26-12-9-13-27-48)68(95)85-58(69(96)97)40-45(5)6)81-59(86)46(7)76-61(88)50(29-15-20-34-71)78-62(89)52(31-17-22-36-73)80-67(94)56(41-47-24-10-8-11-25-47)84-66(93)55(39-44(3)4)82-63(90)51(30-16-21-35-72)77-60(87)49(75)28-14-19-33-70/h8-13,24-27,43-46,49-58H,14-23,28-42,70-75H2,1-7H3,(H,76,88)(H,77,87)(H,78,89)(H,79,92)(H,80,94)(H,81,86)(H,82,90)(H,83,91)(H,84,93)(H,85,95)(H,96,97)/t46-,49-,50-,51-,52-,53-,54-,55-,56-,57-,58-/m0/s1. The van der Waals surface area contributed by atoms with E-state index in [0.29, 0.717) is 94.8 Å². The van der Waals surface area contributed by atoms with Crippen LogP contribution in [0.4, 0.5) is 0 Å². The number of benzene rings is 2. The van der Waals surface area contributed by atoms with Gasteiger partial charge in [0.2, 0.25) is 59.1 Å². The highest BCUT2D eigenvalue weighted by molar-refractivity contribution is 5.99. The smallest absolute Gasteiger partial charge is 0.326 e. The number of carbonyl (C=O) groups excluding carboxylic acids is 10. The maximum absolute atomic E-state index is 14.7. The van der Waals surface area contributed by atoms with Crippen LogP contribution in [-0.4, -0.2) is 169 Å². The summed E-state index contributed by atoms with van der Waals surface area (Å²) in [4.78, 5) is 154. The summed E-state index contributed by atoms with van der Waals surface area (Å²) < 4.78 is 0. The summed E-state index contributed by atoms with van der Waals surface area (Å²) in [6.07, 6.45) is 5.91. The fourth-order valence-electron chi connectivity index (χ4n) is 10.8. The Bertz CT molecular complexity index is 2710. The summed E-state index contributed by atoms with van der Waals surface area (Å²) in [7, 11) is 0. The third-order valence-electron chi connectivity index (χ3n) is 16.2. The molecule has 0 aliphatic rings. The minimum Gasteiger partial charge on any atom is -0.480 e. The molecule has 23 N–H and O–H groups in total. The lowest BCUT2D eigenvalue weighted by molar-refractivity contribution is -0.142. The molecule has 0 bridgehead atoms. The number of hydrogen-bond acceptors (Lipinski definition) is 17. The van der Waals surface area contributed by atoms with E-state index >= 15 is 0 Å². The highest BCUT2D eigenvalue weighted by Gasteiger charge is 2.36. The normalized spacial score (nSPS) is 14.8. The van der Waals surface area contributed by atoms with Crippen molar-refractivity contribution in [1.82, 2.24) is 53.2 Å². The third kappa shape index (κ3) is 34.9. The molecule has 546 valence electrons. The van der Waals surface area contributed by atoms with Crippen LogP contribution in [0.2, 0.25) is 0 Å². The van der Waals surface area contributed by atoms with Gasteiger partial charge in [0, 0.05) is 12.8 Å². The zero-order chi connectivity index (χ0) is 72.4. The predicted octanol–water partition coefficient (Wildman–Crippen LogP) is 0.535. The summed E-state index contributed by atoms with van der Waals surface area (Å²) in [5.74, 6) is -8.78. The number of carboxylic acids is 1. The SMILES string of the molecule is CC(C)C[C@H](NC(=O)[C@H](Cc1ccccc1)NC(=O)[C@H](CCCCN)NC(=O)[C@H](CC(C)C)NC(=O)[C@H](C)NC(=O)[C@H](CCCCN)NC(=O)[C@H](CCCCN)NC(=O)[C@H](Cc1ccccc1)NC(=O)[C@H](CC(C)C)NC(=O)[C@H](CCCCN)NC(=O)[C@@H](N)CCCCN)C(=O)O. The van der Waals surface area contributed by atoms with Crippen molar-refractivity contribution in [2.75, 3.05) is 32.7 Å². The topological polar surface area (TPSA) is 484 Å². The molecule has 0 heterocycles. The van der Waals surface area contributed by atoms with Crippen LogP contribution in [0.3, 0.4) is 0 Å². The Labute approximate surface area is 573 Å². The number of hydrogen-bond donors (Lipinski definition) is 17. The van der Waals surface area contributed by atoms with E-state index < -0.39 is 132 Å². The first-order valence-corrected chi connectivity index (χ1v) is 34.8. The number of unbranched alkanes of at least 4 members (excludes halogenated alkanes) is 5. The second kappa shape index (κ2) is 48.1. The van der Waals surface area contributed by atoms with Crippen molar-refractivity contribution in [2.45, 2.75) is 243 Å². The van der Waals surface area contributed by atoms with Gasteiger partial charge < -0.3 is 92.7 Å². The molecule has 0 aliphatic carbocycles. The lowest BCUT2D eigenvalue weighted by atomic mass is 9.99. The van der Waals surface area contributed by atoms with Gasteiger partial charge in [-0.1, -0.05) is 109 Å². The lowest BCUT2D eigenvalue weighted by Gasteiger charge is -2.28. The molecule has 0 fully saturated rings. The number of carboxylic acid groups (broad SMARTS) is 1. The van der Waals surface area contributed by atoms with Crippen LogP contribution in [0.5, 0.6) is 0 Å². The number of aliphatic carboxylic acids is 1. The Morgan fingerprint density at radius 1 is 0.309 bits per heavy atom. The summed E-state index contributed by atoms with van der Waals surface area (Å²) in [5, 5.41) is 37.5. The molecule has 97 heavy (non-hydrogen) atoms. The summed E-state index contributed by atoms with van der Waals surface area (Å²) in [6, 6.07) is 4.34. The van der Waals surface area contributed by atoms with Crippen molar-refractivity contribution < 1.29 is 57.8 Å². The molecule has 0 unspecified atom stereocenters. The minimum absolute atomic E-state index is 0.00688. The Morgan fingerprint density at radius 3 is 0.876 bits per heavy atom. The molecule has 2 aromatic rings. The number of nitrogens with one attached hydrogen (secondary N) is 10. The Kier molecular flexibility index (Phi) is 42.4. The number of nitrogens with two attached hydrogens (primary N) is 6. The highest BCUT2D eigenvalue weighted by atomic mass is 16.4. The molecule has 11 atom stereocenters. The van der Waals surface area contributed by atoms with Gasteiger partial charge in [-0.05, 0) is 178 Å². The predicted molar refractivity (Wildman–Crippen MR) is 374 cm³/mol. The summed E-state index contributed by atoms with van der Waals surface area (Å²) >= 11 is 0. The zero-order valence-electron chi connectivity index (χ0n) is 58.4. The fourth-order valence-corrected chi connectivity index (χ4v) is 10.8. The first-order valence-electron chi connectivity index (χ1n) is 34.8. The summed E-state index contributed by atoms with van der Waals surface area (Å²) in [5.41, 5.74) is 36.5. The maximum atomic E-state index is 14.7. The van der Waals surface area contributed by atoms with E-state index in [1.807, 2.05) is 41.5 Å². The second-order valence-electron chi connectivity index (χ2n) is 26.4. The molecule has 10 amide bonds. The molecule has 0 radical (unpaired) electrons. The highest BCUT2D eigenvalue weighted by Crippen LogP contribution is 2.15. The van der Waals surface area contributed by atoms with Crippen LogP contribution in [0, 0.1) is 17.8 Å². The molecule has 0 spiro atoms. The molecular formula is C69H118N16O12. The van der Waals surface area contributed by atoms with Gasteiger partial charge in [0.1, 0.15) is 60.4 Å². The van der Waals surface area contributed by atoms with Gasteiger partial charge in [0.05, 0.1) is 6.04 Å². The third-order valence-corrected chi connectivity index (χ3v) is 16.2. The van der Waals surface area contributed by atoms with E-state index in [1.165, 1.54) is 6.92 Å². The average molecular weight is 1360 g/mol. The zero-order valence-corrected chi connectivity index (χ0v) is 58.4. The van der Waals surface area contributed by atoms with Crippen molar-refractivity contribution >= 4 is 65.0 Å².